The quantitative estimate of drug-likeness (QED) is 0.796. The van der Waals surface area contributed by atoms with Crippen LogP contribution in [0.2, 0.25) is 5.02 Å². The van der Waals surface area contributed by atoms with Crippen molar-refractivity contribution in [1.29, 1.82) is 0 Å². The predicted molar refractivity (Wildman–Crippen MR) is 93.9 cm³/mol. The minimum absolute atomic E-state index is 0.177. The first kappa shape index (κ1) is 16.6. The number of amides is 1. The molecule has 4 nitrogen and oxygen atoms in total. The van der Waals surface area contributed by atoms with Crippen LogP contribution in [-0.4, -0.2) is 19.1 Å². The predicted octanol–water partition coefficient (Wildman–Crippen LogP) is 4.55. The van der Waals surface area contributed by atoms with Gasteiger partial charge in [0, 0.05) is 15.2 Å². The van der Waals surface area contributed by atoms with Gasteiger partial charge in [-0.3, -0.25) is 4.79 Å². The standard InChI is InChI=1S/C16H16BrClN2O2/c1-10(19-13-6-3-11(17)4-7-13)16(21)20-14-9-12(18)5-8-15(14)22-2/h3-10,19H,1-2H3,(H,20,21)/t10-/m1/s1. The molecule has 0 unspecified atom stereocenters. The van der Waals surface area contributed by atoms with E-state index in [0.29, 0.717) is 16.5 Å². The van der Waals surface area contributed by atoms with Crippen molar-refractivity contribution < 1.29 is 9.53 Å². The van der Waals surface area contributed by atoms with Crippen LogP contribution in [0.1, 0.15) is 6.92 Å². The SMILES string of the molecule is COc1ccc(Cl)cc1NC(=O)[C@@H](C)Nc1ccc(Br)cc1. The zero-order valence-corrected chi connectivity index (χ0v) is 14.5. The van der Waals surface area contributed by atoms with E-state index in [-0.39, 0.29) is 5.91 Å². The summed E-state index contributed by atoms with van der Waals surface area (Å²) in [6, 6.07) is 12.3. The molecule has 0 aliphatic heterocycles. The monoisotopic (exact) mass is 382 g/mol. The molecule has 0 fully saturated rings. The highest BCUT2D eigenvalue weighted by atomic mass is 79.9. The van der Waals surface area contributed by atoms with Crippen molar-refractivity contribution in [2.75, 3.05) is 17.7 Å². The summed E-state index contributed by atoms with van der Waals surface area (Å²) < 4.78 is 6.20. The number of nitrogens with one attached hydrogen (secondary N) is 2. The Labute approximate surface area is 142 Å². The molecule has 1 amide bonds. The van der Waals surface area contributed by atoms with Crippen LogP contribution in [0.4, 0.5) is 11.4 Å². The Morgan fingerprint density at radius 1 is 1.23 bits per heavy atom. The third-order valence-electron chi connectivity index (χ3n) is 3.04. The van der Waals surface area contributed by atoms with E-state index < -0.39 is 6.04 Å². The summed E-state index contributed by atoms with van der Waals surface area (Å²) in [7, 11) is 1.54. The molecule has 0 radical (unpaired) electrons. The zero-order chi connectivity index (χ0) is 16.1. The highest BCUT2D eigenvalue weighted by Crippen LogP contribution is 2.27. The number of benzene rings is 2. The third-order valence-corrected chi connectivity index (χ3v) is 3.80. The fraction of sp³-hybridized carbons (Fsp3) is 0.188. The number of rotatable bonds is 5. The van der Waals surface area contributed by atoms with Crippen LogP contribution in [0.15, 0.2) is 46.9 Å². The number of carbonyl (C=O) groups is 1. The van der Waals surface area contributed by atoms with Crippen molar-refractivity contribution in [2.24, 2.45) is 0 Å². The summed E-state index contributed by atoms with van der Waals surface area (Å²) in [5.41, 5.74) is 1.41. The first-order valence-corrected chi connectivity index (χ1v) is 7.83. The molecule has 0 spiro atoms. The molecule has 2 aromatic rings. The second-order valence-corrected chi connectivity index (χ2v) is 6.06. The van der Waals surface area contributed by atoms with E-state index in [4.69, 9.17) is 16.3 Å². The van der Waals surface area contributed by atoms with Gasteiger partial charge in [0.1, 0.15) is 11.8 Å². The van der Waals surface area contributed by atoms with Crippen molar-refractivity contribution in [3.05, 3.63) is 52.0 Å². The fourth-order valence-corrected chi connectivity index (χ4v) is 2.32. The number of hydrogen-bond acceptors (Lipinski definition) is 3. The molecule has 0 aliphatic rings. The zero-order valence-electron chi connectivity index (χ0n) is 12.2. The maximum atomic E-state index is 12.3. The van der Waals surface area contributed by atoms with Crippen LogP contribution in [0.25, 0.3) is 0 Å². The second-order valence-electron chi connectivity index (χ2n) is 4.71. The molecule has 2 aromatic carbocycles. The van der Waals surface area contributed by atoms with Gasteiger partial charge >= 0.3 is 0 Å². The minimum Gasteiger partial charge on any atom is -0.495 e. The van der Waals surface area contributed by atoms with Crippen molar-refractivity contribution in [2.45, 2.75) is 13.0 Å². The summed E-state index contributed by atoms with van der Waals surface area (Å²) in [5.74, 6) is 0.386. The number of anilines is 2. The average molecular weight is 384 g/mol. The van der Waals surface area contributed by atoms with Crippen LogP contribution >= 0.6 is 27.5 Å². The van der Waals surface area contributed by atoms with Gasteiger partial charge < -0.3 is 15.4 Å². The lowest BCUT2D eigenvalue weighted by molar-refractivity contribution is -0.116. The molecule has 0 saturated heterocycles. The maximum absolute atomic E-state index is 12.3. The molecule has 0 aliphatic carbocycles. The molecule has 6 heteroatoms. The van der Waals surface area contributed by atoms with Gasteiger partial charge in [0.15, 0.2) is 0 Å². The third kappa shape index (κ3) is 4.39. The van der Waals surface area contributed by atoms with Crippen LogP contribution < -0.4 is 15.4 Å². The Morgan fingerprint density at radius 2 is 1.91 bits per heavy atom. The van der Waals surface area contributed by atoms with Gasteiger partial charge in [0.25, 0.3) is 0 Å². The Kier molecular flexibility index (Phi) is 5.69. The molecule has 116 valence electrons. The maximum Gasteiger partial charge on any atom is 0.246 e. The average Bonchev–Trinajstić information content (AvgIpc) is 2.49. The molecule has 0 bridgehead atoms. The van der Waals surface area contributed by atoms with Crippen molar-refractivity contribution in [1.82, 2.24) is 0 Å². The summed E-state index contributed by atoms with van der Waals surface area (Å²) in [6.07, 6.45) is 0. The lowest BCUT2D eigenvalue weighted by Crippen LogP contribution is -2.31. The molecule has 22 heavy (non-hydrogen) atoms. The molecule has 0 saturated carbocycles. The molecule has 1 atom stereocenters. The van der Waals surface area contributed by atoms with Crippen molar-refractivity contribution >= 4 is 44.8 Å². The van der Waals surface area contributed by atoms with Gasteiger partial charge in [-0.25, -0.2) is 0 Å². The first-order chi connectivity index (χ1) is 10.5. The van der Waals surface area contributed by atoms with E-state index >= 15 is 0 Å². The molecular weight excluding hydrogens is 368 g/mol. The van der Waals surface area contributed by atoms with E-state index in [2.05, 4.69) is 26.6 Å². The van der Waals surface area contributed by atoms with Gasteiger partial charge in [-0.05, 0) is 49.4 Å². The molecule has 0 heterocycles. The van der Waals surface area contributed by atoms with Gasteiger partial charge in [-0.1, -0.05) is 27.5 Å². The second kappa shape index (κ2) is 7.51. The summed E-state index contributed by atoms with van der Waals surface area (Å²) in [5, 5.41) is 6.48. The lowest BCUT2D eigenvalue weighted by Gasteiger charge is -2.17. The van der Waals surface area contributed by atoms with Crippen LogP contribution in [0.3, 0.4) is 0 Å². The van der Waals surface area contributed by atoms with E-state index in [9.17, 15) is 4.79 Å². The molecule has 2 N–H and O–H groups in total. The van der Waals surface area contributed by atoms with E-state index in [1.807, 2.05) is 24.3 Å². The van der Waals surface area contributed by atoms with Gasteiger partial charge in [0.2, 0.25) is 5.91 Å². The Balaban J connectivity index is 2.05. The Bertz CT molecular complexity index is 662. The van der Waals surface area contributed by atoms with E-state index in [1.54, 1.807) is 32.2 Å². The Hall–Kier alpha value is -1.72. The number of ether oxygens (including phenoxy) is 1. The first-order valence-electron chi connectivity index (χ1n) is 6.66. The smallest absolute Gasteiger partial charge is 0.246 e. The van der Waals surface area contributed by atoms with Gasteiger partial charge in [-0.15, -0.1) is 0 Å². The summed E-state index contributed by atoms with van der Waals surface area (Å²) in [6.45, 7) is 1.79. The van der Waals surface area contributed by atoms with Crippen LogP contribution in [0.5, 0.6) is 5.75 Å². The van der Waals surface area contributed by atoms with E-state index in [0.717, 1.165) is 10.2 Å². The fourth-order valence-electron chi connectivity index (χ4n) is 1.88. The topological polar surface area (TPSA) is 50.4 Å². The number of hydrogen-bond donors (Lipinski definition) is 2. The molecule has 0 aromatic heterocycles. The van der Waals surface area contributed by atoms with Crippen molar-refractivity contribution in [3.8, 4) is 5.75 Å². The van der Waals surface area contributed by atoms with Crippen LogP contribution in [-0.2, 0) is 4.79 Å². The summed E-state index contributed by atoms with van der Waals surface area (Å²) in [4.78, 5) is 12.3. The highest BCUT2D eigenvalue weighted by molar-refractivity contribution is 9.10. The van der Waals surface area contributed by atoms with Gasteiger partial charge in [0.05, 0.1) is 12.8 Å². The normalized spacial score (nSPS) is 11.6. The molecule has 2 rings (SSSR count). The number of halogens is 2. The molecular formula is C16H16BrClN2O2. The Morgan fingerprint density at radius 3 is 2.55 bits per heavy atom. The highest BCUT2D eigenvalue weighted by Gasteiger charge is 2.15. The van der Waals surface area contributed by atoms with E-state index in [1.165, 1.54) is 0 Å². The largest absolute Gasteiger partial charge is 0.495 e. The van der Waals surface area contributed by atoms with Crippen LogP contribution in [0, 0.1) is 0 Å². The summed E-state index contributed by atoms with van der Waals surface area (Å²) >= 11 is 9.33. The minimum atomic E-state index is -0.412. The van der Waals surface area contributed by atoms with Gasteiger partial charge in [-0.2, -0.15) is 0 Å². The number of carbonyl (C=O) groups excluding carboxylic acids is 1. The number of methoxy groups -OCH3 is 1. The van der Waals surface area contributed by atoms with Crippen molar-refractivity contribution in [3.63, 3.8) is 0 Å². The lowest BCUT2D eigenvalue weighted by atomic mass is 10.2.